The summed E-state index contributed by atoms with van der Waals surface area (Å²) in [7, 11) is 0. The third-order valence-corrected chi connectivity index (χ3v) is 4.57. The number of hydrogen-bond donors (Lipinski definition) is 4. The Morgan fingerprint density at radius 2 is 1.90 bits per heavy atom. The minimum Gasteiger partial charge on any atom is -0.370 e. The first-order valence-corrected chi connectivity index (χ1v) is 10.1. The molecule has 5 N–H and O–H groups in total. The molecule has 0 saturated heterocycles. The summed E-state index contributed by atoms with van der Waals surface area (Å²) in [5, 5.41) is 4.05. The van der Waals surface area contributed by atoms with Gasteiger partial charge in [-0.25, -0.2) is 9.40 Å². The molecule has 31 heavy (non-hydrogen) atoms. The molecular formula is C20H25ClFN5O4. The van der Waals surface area contributed by atoms with Gasteiger partial charge in [0.1, 0.15) is 11.7 Å². The highest BCUT2D eigenvalue weighted by molar-refractivity contribution is 6.29. The summed E-state index contributed by atoms with van der Waals surface area (Å²) in [6.07, 6.45) is -0.0680. The van der Waals surface area contributed by atoms with Crippen molar-refractivity contribution in [2.45, 2.75) is 38.4 Å². The topological polar surface area (TPSA) is 137 Å². The Labute approximate surface area is 183 Å². The first-order chi connectivity index (χ1) is 14.6. The van der Waals surface area contributed by atoms with Crippen LogP contribution in [-0.2, 0) is 14.4 Å². The number of carbonyl (C=O) groups excluding carboxylic acids is 4. The Kier molecular flexibility index (Phi) is 8.38. The lowest BCUT2D eigenvalue weighted by Gasteiger charge is -2.27. The van der Waals surface area contributed by atoms with Crippen molar-refractivity contribution < 1.29 is 23.6 Å². The van der Waals surface area contributed by atoms with Crippen molar-refractivity contribution in [1.82, 2.24) is 20.7 Å². The highest BCUT2D eigenvalue weighted by Gasteiger charge is 2.29. The third kappa shape index (κ3) is 6.95. The average molecular weight is 454 g/mol. The maximum absolute atomic E-state index is 13.3. The molecule has 0 fully saturated rings. The van der Waals surface area contributed by atoms with E-state index in [0.29, 0.717) is 5.01 Å². The van der Waals surface area contributed by atoms with Crippen molar-refractivity contribution in [2.24, 2.45) is 11.7 Å². The van der Waals surface area contributed by atoms with E-state index >= 15 is 0 Å². The van der Waals surface area contributed by atoms with Crippen molar-refractivity contribution in [3.8, 4) is 0 Å². The van der Waals surface area contributed by atoms with Crippen molar-refractivity contribution >= 4 is 46.1 Å². The second kappa shape index (κ2) is 10.8. The lowest BCUT2D eigenvalue weighted by atomic mass is 10.0. The van der Waals surface area contributed by atoms with E-state index in [2.05, 4.69) is 15.7 Å². The van der Waals surface area contributed by atoms with Gasteiger partial charge in [0.05, 0.1) is 6.54 Å². The molecule has 9 nitrogen and oxygen atoms in total. The minimum atomic E-state index is -2.42. The number of hydrazine groups is 1. The maximum atomic E-state index is 13.3. The van der Waals surface area contributed by atoms with Crippen LogP contribution in [0.15, 0.2) is 30.3 Å². The summed E-state index contributed by atoms with van der Waals surface area (Å²) in [6, 6.07) is 7.92. The molecule has 4 amide bonds. The number of nitrogens with zero attached hydrogens (tertiary/aromatic N) is 1. The Morgan fingerprint density at radius 1 is 1.23 bits per heavy atom. The van der Waals surface area contributed by atoms with Gasteiger partial charge < -0.3 is 16.0 Å². The Bertz CT molecular complexity index is 929. The van der Waals surface area contributed by atoms with Crippen molar-refractivity contribution in [1.29, 1.82) is 0 Å². The zero-order chi connectivity index (χ0) is 23.1. The van der Waals surface area contributed by atoms with E-state index < -0.39 is 35.3 Å². The van der Waals surface area contributed by atoms with Gasteiger partial charge in [-0.05, 0) is 24.5 Å². The first-order valence-electron chi connectivity index (χ1n) is 9.65. The molecule has 1 aromatic carbocycles. The van der Waals surface area contributed by atoms with Crippen LogP contribution in [0.3, 0.4) is 0 Å². The molecule has 168 valence electrons. The number of benzene rings is 1. The van der Waals surface area contributed by atoms with E-state index in [0.717, 1.165) is 10.9 Å². The number of H-pyrrole nitrogens is 1. The van der Waals surface area contributed by atoms with Gasteiger partial charge in [0.25, 0.3) is 23.4 Å². The van der Waals surface area contributed by atoms with Gasteiger partial charge in [0.2, 0.25) is 5.91 Å². The highest BCUT2D eigenvalue weighted by atomic mass is 35.5. The number of fused-ring (bicyclic) bond motifs is 1. The molecule has 1 unspecified atom stereocenters. The standard InChI is InChI=1S/C20H25ClFN5O4/c1-11(2)9-14(19(30)26-27(8-7-16(23)28)20(31)17(21)22)25-18(29)15-10-12-5-3-4-6-13(12)24-15/h3-6,10-11,14,17,24H,7-9H2,1-2H3,(H2,23,28)(H,25,29)(H,26,30)/t14?,17-/m0/s1. The van der Waals surface area contributed by atoms with E-state index in [4.69, 9.17) is 17.3 Å². The molecule has 0 saturated carbocycles. The van der Waals surface area contributed by atoms with E-state index in [1.165, 1.54) is 0 Å². The van der Waals surface area contributed by atoms with Crippen LogP contribution in [0.1, 0.15) is 37.2 Å². The van der Waals surface area contributed by atoms with Gasteiger partial charge in [0, 0.05) is 17.3 Å². The second-order valence-electron chi connectivity index (χ2n) is 7.41. The quantitative estimate of drug-likeness (QED) is 0.338. The highest BCUT2D eigenvalue weighted by Crippen LogP contribution is 2.15. The number of aromatic amines is 1. The number of primary amides is 1. The van der Waals surface area contributed by atoms with E-state index in [1.807, 2.05) is 38.1 Å². The normalized spacial score (nSPS) is 12.9. The van der Waals surface area contributed by atoms with E-state index in [-0.39, 0.29) is 31.0 Å². The molecular weight excluding hydrogens is 429 g/mol. The summed E-state index contributed by atoms with van der Waals surface area (Å²) in [5.41, 5.74) is 5.89. The van der Waals surface area contributed by atoms with Gasteiger partial charge in [-0.15, -0.1) is 0 Å². The summed E-state index contributed by atoms with van der Waals surface area (Å²) < 4.78 is 13.3. The fraction of sp³-hybridized carbons (Fsp3) is 0.400. The monoisotopic (exact) mass is 453 g/mol. The number of para-hydroxylation sites is 1. The van der Waals surface area contributed by atoms with Gasteiger partial charge in [-0.1, -0.05) is 43.6 Å². The Morgan fingerprint density at radius 3 is 2.48 bits per heavy atom. The van der Waals surface area contributed by atoms with Crippen molar-refractivity contribution in [2.75, 3.05) is 6.54 Å². The van der Waals surface area contributed by atoms with Crippen LogP contribution in [0.2, 0.25) is 0 Å². The van der Waals surface area contributed by atoms with Gasteiger partial charge in [-0.3, -0.25) is 24.6 Å². The van der Waals surface area contributed by atoms with Crippen LogP contribution in [-0.4, -0.2) is 51.8 Å². The predicted molar refractivity (Wildman–Crippen MR) is 113 cm³/mol. The maximum Gasteiger partial charge on any atom is 0.291 e. The first kappa shape index (κ1) is 24.1. The summed E-state index contributed by atoms with van der Waals surface area (Å²) in [4.78, 5) is 51.4. The summed E-state index contributed by atoms with van der Waals surface area (Å²) in [6.45, 7) is 3.33. The number of rotatable bonds is 9. The van der Waals surface area contributed by atoms with Crippen LogP contribution in [0.25, 0.3) is 10.9 Å². The number of nitrogens with one attached hydrogen (secondary N) is 3. The molecule has 11 heteroatoms. The lowest BCUT2D eigenvalue weighted by molar-refractivity contribution is -0.144. The molecule has 0 aliphatic heterocycles. The average Bonchev–Trinajstić information content (AvgIpc) is 3.13. The Hall–Kier alpha value is -3.14. The fourth-order valence-electron chi connectivity index (χ4n) is 2.91. The molecule has 0 aliphatic rings. The van der Waals surface area contributed by atoms with E-state index in [9.17, 15) is 23.6 Å². The van der Waals surface area contributed by atoms with Crippen molar-refractivity contribution in [3.05, 3.63) is 36.0 Å². The fourth-order valence-corrected chi connectivity index (χ4v) is 3.02. The smallest absolute Gasteiger partial charge is 0.291 e. The van der Waals surface area contributed by atoms with Crippen LogP contribution in [0.4, 0.5) is 4.39 Å². The number of carbonyl (C=O) groups is 4. The third-order valence-electron chi connectivity index (χ3n) is 4.38. The number of amides is 4. The SMILES string of the molecule is CC(C)CC(NC(=O)c1cc2ccccc2[nH]1)C(=O)NN(CCC(N)=O)C(=O)[C@H](F)Cl. The number of aromatic nitrogens is 1. The zero-order valence-electron chi connectivity index (χ0n) is 17.2. The van der Waals surface area contributed by atoms with Gasteiger partial charge >= 0.3 is 0 Å². The lowest BCUT2D eigenvalue weighted by Crippen LogP contribution is -2.56. The van der Waals surface area contributed by atoms with Crippen LogP contribution in [0, 0.1) is 5.92 Å². The summed E-state index contributed by atoms with van der Waals surface area (Å²) in [5.74, 6) is -3.26. The molecule has 0 radical (unpaired) electrons. The zero-order valence-corrected chi connectivity index (χ0v) is 17.9. The molecule has 1 aromatic heterocycles. The minimum absolute atomic E-state index is 0.00971. The predicted octanol–water partition coefficient (Wildman–Crippen LogP) is 1.58. The van der Waals surface area contributed by atoms with E-state index in [1.54, 1.807) is 6.07 Å². The van der Waals surface area contributed by atoms with Crippen molar-refractivity contribution in [3.63, 3.8) is 0 Å². The summed E-state index contributed by atoms with van der Waals surface area (Å²) >= 11 is 5.19. The van der Waals surface area contributed by atoms with Crippen LogP contribution < -0.4 is 16.5 Å². The van der Waals surface area contributed by atoms with Crippen LogP contribution in [0.5, 0.6) is 0 Å². The van der Waals surface area contributed by atoms with Gasteiger partial charge in [-0.2, -0.15) is 0 Å². The molecule has 2 aromatic rings. The molecule has 0 spiro atoms. The molecule has 2 rings (SSSR count). The number of nitrogens with two attached hydrogens (primary N) is 1. The molecule has 1 heterocycles. The number of halogens is 2. The number of hydrogen-bond acceptors (Lipinski definition) is 4. The number of alkyl halides is 2. The molecule has 0 aliphatic carbocycles. The molecule has 2 atom stereocenters. The largest absolute Gasteiger partial charge is 0.370 e. The molecule has 0 bridgehead atoms. The Balaban J connectivity index is 2.16. The van der Waals surface area contributed by atoms with Gasteiger partial charge in [0.15, 0.2) is 0 Å². The second-order valence-corrected chi connectivity index (χ2v) is 7.79. The van der Waals surface area contributed by atoms with Crippen LogP contribution >= 0.6 is 11.6 Å².